The molecule has 22 heavy (non-hydrogen) atoms. The molecule has 1 aliphatic carbocycles. The summed E-state index contributed by atoms with van der Waals surface area (Å²) in [6.07, 6.45) is 5.78. The van der Waals surface area contributed by atoms with Crippen molar-refractivity contribution in [2.24, 2.45) is 53.3 Å². The average Bonchev–Trinajstić information content (AvgIpc) is 3.21. The molecule has 0 amide bonds. The quantitative estimate of drug-likeness (QED) is 0.397. The molecule has 0 heteroatoms. The Morgan fingerprint density at radius 2 is 1.41 bits per heavy atom. The van der Waals surface area contributed by atoms with E-state index < -0.39 is 0 Å². The molecule has 132 valence electrons. The maximum Gasteiger partial charge on any atom is -0.0354 e. The molecule has 1 rings (SSSR count). The van der Waals surface area contributed by atoms with Gasteiger partial charge >= 0.3 is 0 Å². The van der Waals surface area contributed by atoms with E-state index in [1.54, 1.807) is 0 Å². The van der Waals surface area contributed by atoms with Crippen molar-refractivity contribution in [1.82, 2.24) is 0 Å². The maximum absolute atomic E-state index is 2.52. The molecule has 0 saturated heterocycles. The number of rotatable bonds is 10. The minimum atomic E-state index is 0.837. The van der Waals surface area contributed by atoms with Gasteiger partial charge in [-0.05, 0) is 72.5 Å². The highest BCUT2D eigenvalue weighted by Gasteiger charge is 2.43. The van der Waals surface area contributed by atoms with Gasteiger partial charge in [-0.3, -0.25) is 0 Å². The lowest BCUT2D eigenvalue weighted by Gasteiger charge is -2.28. The van der Waals surface area contributed by atoms with Gasteiger partial charge in [0.05, 0.1) is 0 Å². The Morgan fingerprint density at radius 1 is 0.818 bits per heavy atom. The summed E-state index contributed by atoms with van der Waals surface area (Å²) in [5.74, 6) is 8.28. The minimum Gasteiger partial charge on any atom is -0.0651 e. The molecule has 1 aliphatic rings. The summed E-state index contributed by atoms with van der Waals surface area (Å²) in [7, 11) is 0. The zero-order valence-corrected chi connectivity index (χ0v) is 17.0. The molecule has 1 saturated carbocycles. The molecule has 7 atom stereocenters. The molecule has 0 aromatic rings. The number of hydrogen-bond acceptors (Lipinski definition) is 0. The van der Waals surface area contributed by atoms with E-state index in [1.165, 1.54) is 25.7 Å². The molecule has 0 nitrogen and oxygen atoms in total. The van der Waals surface area contributed by atoms with Crippen LogP contribution >= 0.6 is 0 Å². The minimum absolute atomic E-state index is 0.837. The maximum atomic E-state index is 2.52. The van der Waals surface area contributed by atoms with Crippen molar-refractivity contribution in [3.63, 3.8) is 0 Å². The van der Waals surface area contributed by atoms with Crippen LogP contribution in [-0.4, -0.2) is 0 Å². The molecule has 0 bridgehead atoms. The standard InChI is InChI=1S/C22H44/c1-10-20(15(4)5)11-16(6)17(7)12-21-13-22(21)19(9)18(8)14(2)3/h14-22H,10-13H2,1-9H3. The van der Waals surface area contributed by atoms with E-state index in [4.69, 9.17) is 0 Å². The second-order valence-electron chi connectivity index (χ2n) is 9.46. The van der Waals surface area contributed by atoms with Crippen LogP contribution in [0.2, 0.25) is 0 Å². The van der Waals surface area contributed by atoms with Gasteiger partial charge in [0, 0.05) is 0 Å². The first kappa shape index (κ1) is 20.0. The van der Waals surface area contributed by atoms with E-state index in [-0.39, 0.29) is 0 Å². The molecule has 7 unspecified atom stereocenters. The Bertz CT molecular complexity index is 303. The van der Waals surface area contributed by atoms with Crippen molar-refractivity contribution in [3.8, 4) is 0 Å². The average molecular weight is 309 g/mol. The van der Waals surface area contributed by atoms with E-state index in [1.807, 2.05) is 0 Å². The van der Waals surface area contributed by atoms with Crippen molar-refractivity contribution in [2.75, 3.05) is 0 Å². The third kappa shape index (κ3) is 5.57. The molecule has 0 spiro atoms. The largest absolute Gasteiger partial charge is 0.0651 e. The Morgan fingerprint density at radius 3 is 1.86 bits per heavy atom. The molecule has 1 fully saturated rings. The van der Waals surface area contributed by atoms with Crippen LogP contribution in [0.3, 0.4) is 0 Å². The van der Waals surface area contributed by atoms with Gasteiger partial charge in [0.1, 0.15) is 0 Å². The topological polar surface area (TPSA) is 0 Å². The van der Waals surface area contributed by atoms with Gasteiger partial charge in [0.15, 0.2) is 0 Å². The summed E-state index contributed by atoms with van der Waals surface area (Å²) < 4.78 is 0. The lowest BCUT2D eigenvalue weighted by molar-refractivity contribution is 0.223. The normalized spacial score (nSPS) is 28.5. The molecule has 0 radical (unpaired) electrons. The first-order valence-electron chi connectivity index (χ1n) is 10.2. The summed E-state index contributed by atoms with van der Waals surface area (Å²) in [6, 6.07) is 0. The van der Waals surface area contributed by atoms with Crippen molar-refractivity contribution in [3.05, 3.63) is 0 Å². The molecule has 0 aromatic heterocycles. The molecular formula is C22H44. The van der Waals surface area contributed by atoms with E-state index >= 15 is 0 Å². The van der Waals surface area contributed by atoms with Gasteiger partial charge in [-0.25, -0.2) is 0 Å². The van der Waals surface area contributed by atoms with Gasteiger partial charge in [0.2, 0.25) is 0 Å². The van der Waals surface area contributed by atoms with Crippen molar-refractivity contribution < 1.29 is 0 Å². The fourth-order valence-corrected chi connectivity index (χ4v) is 4.51. The highest BCUT2D eigenvalue weighted by molar-refractivity contribution is 4.93. The summed E-state index contributed by atoms with van der Waals surface area (Å²) in [5.41, 5.74) is 0. The van der Waals surface area contributed by atoms with E-state index in [0.29, 0.717) is 0 Å². The predicted molar refractivity (Wildman–Crippen MR) is 101 cm³/mol. The van der Waals surface area contributed by atoms with Gasteiger partial charge in [-0.2, -0.15) is 0 Å². The first-order valence-corrected chi connectivity index (χ1v) is 10.2. The zero-order chi connectivity index (χ0) is 17.0. The Labute approximate surface area is 141 Å². The third-order valence-electron chi connectivity index (χ3n) is 7.32. The molecule has 0 aromatic carbocycles. The summed E-state index contributed by atoms with van der Waals surface area (Å²) in [4.78, 5) is 0. The van der Waals surface area contributed by atoms with Crippen LogP contribution in [0.15, 0.2) is 0 Å². The first-order chi connectivity index (χ1) is 10.2. The molecule has 0 aliphatic heterocycles. The zero-order valence-electron chi connectivity index (χ0n) is 17.0. The SMILES string of the molecule is CCC(CC(C)C(C)CC1CC1C(C)C(C)C(C)C)C(C)C. The van der Waals surface area contributed by atoms with Crippen LogP contribution in [0.1, 0.15) is 88.0 Å². The van der Waals surface area contributed by atoms with Crippen LogP contribution in [0.4, 0.5) is 0 Å². The summed E-state index contributed by atoms with van der Waals surface area (Å²) >= 11 is 0. The Kier molecular flexibility index (Phi) is 7.96. The molecular weight excluding hydrogens is 264 g/mol. The van der Waals surface area contributed by atoms with Gasteiger partial charge in [-0.1, -0.05) is 68.7 Å². The fourth-order valence-electron chi connectivity index (χ4n) is 4.51. The van der Waals surface area contributed by atoms with E-state index in [0.717, 1.165) is 53.3 Å². The summed E-state index contributed by atoms with van der Waals surface area (Å²) in [6.45, 7) is 21.9. The highest BCUT2D eigenvalue weighted by atomic mass is 14.5. The second-order valence-corrected chi connectivity index (χ2v) is 9.46. The monoisotopic (exact) mass is 308 g/mol. The smallest absolute Gasteiger partial charge is 0.0354 e. The van der Waals surface area contributed by atoms with Crippen LogP contribution in [0, 0.1) is 53.3 Å². The van der Waals surface area contributed by atoms with Crippen LogP contribution < -0.4 is 0 Å². The van der Waals surface area contributed by atoms with Crippen LogP contribution in [0.25, 0.3) is 0 Å². The Hall–Kier alpha value is 0. The lowest BCUT2D eigenvalue weighted by Crippen LogP contribution is -2.19. The van der Waals surface area contributed by atoms with Gasteiger partial charge in [-0.15, -0.1) is 0 Å². The van der Waals surface area contributed by atoms with Crippen molar-refractivity contribution in [2.45, 2.75) is 88.0 Å². The van der Waals surface area contributed by atoms with E-state index in [9.17, 15) is 0 Å². The Balaban J connectivity index is 2.39. The van der Waals surface area contributed by atoms with Crippen LogP contribution in [0.5, 0.6) is 0 Å². The second kappa shape index (κ2) is 8.74. The fraction of sp³-hybridized carbons (Fsp3) is 1.00. The van der Waals surface area contributed by atoms with Crippen molar-refractivity contribution in [1.29, 1.82) is 0 Å². The number of hydrogen-bond donors (Lipinski definition) is 0. The third-order valence-corrected chi connectivity index (χ3v) is 7.32. The molecule has 0 heterocycles. The highest BCUT2D eigenvalue weighted by Crippen LogP contribution is 2.51. The molecule has 0 N–H and O–H groups in total. The van der Waals surface area contributed by atoms with Gasteiger partial charge in [0.25, 0.3) is 0 Å². The van der Waals surface area contributed by atoms with Crippen molar-refractivity contribution >= 4 is 0 Å². The van der Waals surface area contributed by atoms with Gasteiger partial charge < -0.3 is 0 Å². The lowest BCUT2D eigenvalue weighted by atomic mass is 9.78. The van der Waals surface area contributed by atoms with E-state index in [2.05, 4.69) is 62.3 Å². The summed E-state index contributed by atoms with van der Waals surface area (Å²) in [5, 5.41) is 0. The van der Waals surface area contributed by atoms with Crippen LogP contribution in [-0.2, 0) is 0 Å². The predicted octanol–water partition coefficient (Wildman–Crippen LogP) is 7.29.